The summed E-state index contributed by atoms with van der Waals surface area (Å²) >= 11 is 0. The number of anilines is 2. The predicted molar refractivity (Wildman–Crippen MR) is 129 cm³/mol. The first kappa shape index (κ1) is 19.6. The fourth-order valence-electron chi connectivity index (χ4n) is 4.60. The minimum atomic E-state index is -0.360. The highest BCUT2D eigenvalue weighted by Gasteiger charge is 2.30. The van der Waals surface area contributed by atoms with Gasteiger partial charge in [0.15, 0.2) is 0 Å². The summed E-state index contributed by atoms with van der Waals surface area (Å²) in [6.45, 7) is 3.13. The quantitative estimate of drug-likeness (QED) is 0.674. The van der Waals surface area contributed by atoms with E-state index in [1.54, 1.807) is 0 Å². The molecule has 2 aliphatic rings. The Morgan fingerprint density at radius 2 is 1.81 bits per heavy atom. The van der Waals surface area contributed by atoms with Crippen molar-refractivity contribution in [3.05, 3.63) is 100 Å². The summed E-state index contributed by atoms with van der Waals surface area (Å²) in [7, 11) is 2.09. The van der Waals surface area contributed by atoms with Gasteiger partial charge < -0.3 is 16.0 Å². The average molecular weight is 409 g/mol. The van der Waals surface area contributed by atoms with E-state index in [2.05, 4.69) is 103 Å². The van der Waals surface area contributed by atoms with Crippen LogP contribution in [0.5, 0.6) is 0 Å². The summed E-state index contributed by atoms with van der Waals surface area (Å²) in [6, 6.07) is 25.5. The largest absolute Gasteiger partial charge is 0.384 e. The highest BCUT2D eigenvalue weighted by molar-refractivity contribution is 6.00. The molecule has 31 heavy (non-hydrogen) atoms. The van der Waals surface area contributed by atoms with Crippen LogP contribution in [0.1, 0.15) is 30.4 Å². The zero-order valence-corrected chi connectivity index (χ0v) is 18.0. The van der Waals surface area contributed by atoms with E-state index in [9.17, 15) is 0 Å². The van der Waals surface area contributed by atoms with Crippen LogP contribution in [0.3, 0.4) is 0 Å². The molecule has 0 bridgehead atoms. The van der Waals surface area contributed by atoms with Gasteiger partial charge in [-0.3, -0.25) is 4.99 Å². The monoisotopic (exact) mass is 408 g/mol. The zero-order chi connectivity index (χ0) is 21.4. The van der Waals surface area contributed by atoms with Crippen LogP contribution in [-0.4, -0.2) is 19.8 Å². The number of hydrogen-bond acceptors (Lipinski definition) is 4. The van der Waals surface area contributed by atoms with E-state index in [0.717, 1.165) is 34.8 Å². The molecule has 0 amide bonds. The van der Waals surface area contributed by atoms with Gasteiger partial charge in [-0.15, -0.1) is 0 Å². The molecule has 2 heterocycles. The molecule has 2 atom stereocenters. The number of benzene rings is 3. The predicted octanol–water partition coefficient (Wildman–Crippen LogP) is 3.85. The van der Waals surface area contributed by atoms with Crippen LogP contribution in [0.4, 0.5) is 11.4 Å². The van der Waals surface area contributed by atoms with Gasteiger partial charge >= 0.3 is 0 Å². The van der Waals surface area contributed by atoms with Crippen molar-refractivity contribution in [1.29, 1.82) is 0 Å². The maximum atomic E-state index is 6.49. The maximum absolute atomic E-state index is 6.49. The van der Waals surface area contributed by atoms with Gasteiger partial charge in [0.2, 0.25) is 0 Å². The molecule has 4 nitrogen and oxygen atoms in total. The number of fused-ring (bicyclic) bond motifs is 2. The zero-order valence-electron chi connectivity index (χ0n) is 18.0. The molecule has 3 aromatic carbocycles. The fraction of sp³-hybridized carbons (Fsp3) is 0.222. The summed E-state index contributed by atoms with van der Waals surface area (Å²) in [4.78, 5) is 7.03. The van der Waals surface area contributed by atoms with E-state index in [-0.39, 0.29) is 6.17 Å². The molecule has 2 unspecified atom stereocenters. The van der Waals surface area contributed by atoms with Crippen LogP contribution in [0.25, 0.3) is 11.8 Å². The van der Waals surface area contributed by atoms with Crippen LogP contribution in [0.15, 0.2) is 83.4 Å². The second-order valence-electron chi connectivity index (χ2n) is 8.27. The van der Waals surface area contributed by atoms with Gasteiger partial charge in [0.1, 0.15) is 6.17 Å². The Kier molecular flexibility index (Phi) is 5.08. The third-order valence-corrected chi connectivity index (χ3v) is 6.38. The van der Waals surface area contributed by atoms with E-state index in [1.165, 1.54) is 22.5 Å². The van der Waals surface area contributed by atoms with E-state index in [1.807, 2.05) is 0 Å². The minimum absolute atomic E-state index is 0.360. The van der Waals surface area contributed by atoms with Gasteiger partial charge in [0.25, 0.3) is 0 Å². The van der Waals surface area contributed by atoms with Gasteiger partial charge in [-0.25, -0.2) is 0 Å². The summed E-state index contributed by atoms with van der Waals surface area (Å²) in [6.07, 6.45) is 2.93. The molecule has 0 aliphatic carbocycles. The topological polar surface area (TPSA) is 53.6 Å². The second-order valence-corrected chi connectivity index (χ2v) is 8.27. The van der Waals surface area contributed by atoms with Crippen LogP contribution in [0, 0.1) is 0 Å². The summed E-state index contributed by atoms with van der Waals surface area (Å²) in [5.41, 5.74) is 13.7. The molecule has 0 fully saturated rings. The first-order valence-corrected chi connectivity index (χ1v) is 11.0. The smallest absolute Gasteiger partial charge is 0.125 e. The van der Waals surface area contributed by atoms with Crippen LogP contribution in [0.2, 0.25) is 0 Å². The Morgan fingerprint density at radius 3 is 2.61 bits per heavy atom. The van der Waals surface area contributed by atoms with Crippen LogP contribution >= 0.6 is 0 Å². The number of nitrogens with two attached hydrogens (primary N) is 1. The second kappa shape index (κ2) is 8.05. The Morgan fingerprint density at radius 1 is 1.03 bits per heavy atom. The van der Waals surface area contributed by atoms with Crippen molar-refractivity contribution in [2.75, 3.05) is 23.8 Å². The highest BCUT2D eigenvalue weighted by atomic mass is 15.2. The van der Waals surface area contributed by atoms with Crippen molar-refractivity contribution >= 4 is 23.1 Å². The lowest BCUT2D eigenvalue weighted by molar-refractivity contribution is 0.695. The normalized spacial score (nSPS) is 20.0. The number of nitrogens with one attached hydrogen (secondary N) is 1. The highest BCUT2D eigenvalue weighted by Crippen LogP contribution is 2.43. The Labute approximate surface area is 183 Å². The molecule has 3 N–H and O–H groups in total. The molecular formula is C27H28N4. The molecule has 5 rings (SSSR count). The van der Waals surface area contributed by atoms with Crippen molar-refractivity contribution in [3.63, 3.8) is 0 Å². The van der Waals surface area contributed by atoms with Gasteiger partial charge in [-0.2, -0.15) is 0 Å². The number of rotatable bonds is 5. The minimum Gasteiger partial charge on any atom is -0.384 e. The van der Waals surface area contributed by atoms with Crippen molar-refractivity contribution in [2.45, 2.75) is 25.4 Å². The molecule has 0 radical (unpaired) electrons. The molecule has 0 aromatic heterocycles. The summed E-state index contributed by atoms with van der Waals surface area (Å²) < 4.78 is 0. The number of nitrogens with zero attached hydrogens (tertiary/aromatic N) is 2. The molecular weight excluding hydrogens is 380 g/mol. The Hall–Kier alpha value is -3.37. The summed E-state index contributed by atoms with van der Waals surface area (Å²) in [5.74, 6) is 0.480. The van der Waals surface area contributed by atoms with Crippen molar-refractivity contribution < 1.29 is 0 Å². The molecule has 2 aliphatic heterocycles. The standard InChI is InChI=1S/C27H28N4/c1-3-18(19-9-5-4-6-10-19)17-29-21-14-13-20-15-23(27(28)30-24(20)16-21)26-22-11-7-8-12-25(22)31(26)2/h4-16,18,27,29H,3,17,28H2,1-2H3/b26-23-. The third kappa shape index (κ3) is 3.53. The fourth-order valence-corrected chi connectivity index (χ4v) is 4.60. The molecule has 0 saturated heterocycles. The van der Waals surface area contributed by atoms with E-state index in [0.29, 0.717) is 5.92 Å². The number of hydrogen-bond donors (Lipinski definition) is 2. The van der Waals surface area contributed by atoms with Gasteiger partial charge in [0.05, 0.1) is 16.7 Å². The molecule has 0 spiro atoms. The molecule has 3 aromatic rings. The first-order valence-electron chi connectivity index (χ1n) is 11.0. The Bertz CT molecular complexity index is 1260. The molecule has 0 saturated carbocycles. The molecule has 156 valence electrons. The van der Waals surface area contributed by atoms with Gasteiger partial charge in [-0.1, -0.05) is 61.5 Å². The summed E-state index contributed by atoms with van der Waals surface area (Å²) in [5, 5.41) is 5.66. The average Bonchev–Trinajstić information content (AvgIpc) is 2.80. The lowest BCUT2D eigenvalue weighted by atomic mass is 9.92. The lowest BCUT2D eigenvalue weighted by Gasteiger charge is -2.38. The van der Waals surface area contributed by atoms with Crippen molar-refractivity contribution in [1.82, 2.24) is 0 Å². The van der Waals surface area contributed by atoms with E-state index in [4.69, 9.17) is 10.7 Å². The van der Waals surface area contributed by atoms with Crippen molar-refractivity contribution in [2.24, 2.45) is 10.7 Å². The maximum Gasteiger partial charge on any atom is 0.125 e. The Balaban J connectivity index is 1.41. The third-order valence-electron chi connectivity index (χ3n) is 6.38. The van der Waals surface area contributed by atoms with E-state index < -0.39 is 0 Å². The molecule has 4 heteroatoms. The van der Waals surface area contributed by atoms with Crippen LogP contribution in [-0.2, 0) is 0 Å². The van der Waals surface area contributed by atoms with Crippen molar-refractivity contribution in [3.8, 4) is 0 Å². The van der Waals surface area contributed by atoms with Gasteiger partial charge in [0, 0.05) is 41.6 Å². The first-order chi connectivity index (χ1) is 15.2. The van der Waals surface area contributed by atoms with Gasteiger partial charge in [-0.05, 0) is 36.3 Å². The SMILES string of the molecule is CCC(CNc1ccc2c(c1)=NC(N)/C(=C1/c3ccccc3N1C)C=2)c1ccccc1. The van der Waals surface area contributed by atoms with Crippen LogP contribution < -0.4 is 26.5 Å². The van der Waals surface area contributed by atoms with E-state index >= 15 is 0 Å². The lowest BCUT2D eigenvalue weighted by Crippen LogP contribution is -2.39. The number of para-hydroxylation sites is 1.